The van der Waals surface area contributed by atoms with E-state index in [1.165, 1.54) is 18.9 Å². The number of hydrogen-bond donors (Lipinski definition) is 2. The topological polar surface area (TPSA) is 107 Å². The maximum atomic E-state index is 12.8. The molecule has 9 heteroatoms. The summed E-state index contributed by atoms with van der Waals surface area (Å²) in [5.41, 5.74) is 3.85. The summed E-state index contributed by atoms with van der Waals surface area (Å²) in [5.74, 6) is 0.319. The Morgan fingerprint density at radius 2 is 1.77 bits per heavy atom. The molecule has 2 amide bonds. The van der Waals surface area contributed by atoms with Crippen LogP contribution >= 0.6 is 0 Å². The Balaban J connectivity index is 1.73. The molecule has 0 fully saturated rings. The van der Waals surface area contributed by atoms with Gasteiger partial charge in [0, 0.05) is 11.8 Å². The Morgan fingerprint density at radius 3 is 2.48 bits per heavy atom. The van der Waals surface area contributed by atoms with Crippen molar-refractivity contribution >= 4 is 23.2 Å². The minimum absolute atomic E-state index is 0.0675. The van der Waals surface area contributed by atoms with Crippen molar-refractivity contribution in [1.82, 2.24) is 15.0 Å². The number of hydrogen-bond acceptors (Lipinski definition) is 6. The molecule has 162 valence electrons. The van der Waals surface area contributed by atoms with E-state index in [9.17, 15) is 9.59 Å². The minimum atomic E-state index is -0.467. The Morgan fingerprint density at radius 1 is 1.00 bits per heavy atom. The number of nitrogens with zero attached hydrogens (tertiary/aromatic N) is 3. The lowest BCUT2D eigenvalue weighted by molar-refractivity contribution is -0.117. The smallest absolute Gasteiger partial charge is 0.278 e. The molecule has 9 nitrogen and oxygen atoms in total. The lowest BCUT2D eigenvalue weighted by atomic mass is 10.1. The predicted molar refractivity (Wildman–Crippen MR) is 117 cm³/mol. The van der Waals surface area contributed by atoms with Crippen LogP contribution in [0.4, 0.5) is 11.4 Å². The molecule has 0 saturated carbocycles. The summed E-state index contributed by atoms with van der Waals surface area (Å²) in [6.45, 7) is 5.54. The fourth-order valence-electron chi connectivity index (χ4n) is 3.03. The van der Waals surface area contributed by atoms with Gasteiger partial charge in [-0.3, -0.25) is 9.59 Å². The van der Waals surface area contributed by atoms with E-state index < -0.39 is 5.91 Å². The van der Waals surface area contributed by atoms with Gasteiger partial charge in [-0.15, -0.1) is 5.10 Å². The van der Waals surface area contributed by atoms with Crippen molar-refractivity contribution in [2.24, 2.45) is 0 Å². The summed E-state index contributed by atoms with van der Waals surface area (Å²) in [5, 5.41) is 13.5. The van der Waals surface area contributed by atoms with E-state index in [2.05, 4.69) is 20.9 Å². The molecule has 31 heavy (non-hydrogen) atoms. The first-order valence-electron chi connectivity index (χ1n) is 9.63. The second-order valence-corrected chi connectivity index (χ2v) is 7.00. The van der Waals surface area contributed by atoms with E-state index >= 15 is 0 Å². The first-order chi connectivity index (χ1) is 14.8. The largest absolute Gasteiger partial charge is 0.497 e. The molecule has 1 aromatic heterocycles. The molecule has 0 saturated heterocycles. The van der Waals surface area contributed by atoms with Crippen LogP contribution in [0.5, 0.6) is 11.5 Å². The molecule has 0 aliphatic carbocycles. The first-order valence-corrected chi connectivity index (χ1v) is 9.63. The summed E-state index contributed by atoms with van der Waals surface area (Å²) >= 11 is 0. The number of ether oxygens (including phenoxy) is 2. The highest BCUT2D eigenvalue weighted by molar-refractivity contribution is 6.04. The van der Waals surface area contributed by atoms with E-state index in [1.807, 2.05) is 32.0 Å². The van der Waals surface area contributed by atoms with Gasteiger partial charge in [0.15, 0.2) is 5.69 Å². The fraction of sp³-hybridized carbons (Fsp3) is 0.273. The van der Waals surface area contributed by atoms with Crippen molar-refractivity contribution in [3.8, 4) is 11.5 Å². The van der Waals surface area contributed by atoms with Gasteiger partial charge in [0.25, 0.3) is 5.91 Å². The Kier molecular flexibility index (Phi) is 6.54. The summed E-state index contributed by atoms with van der Waals surface area (Å²) in [4.78, 5) is 25.2. The zero-order chi connectivity index (χ0) is 22.5. The minimum Gasteiger partial charge on any atom is -0.497 e. The number of benzene rings is 2. The van der Waals surface area contributed by atoms with E-state index in [1.54, 1.807) is 25.1 Å². The molecular formula is C22H25N5O4. The third kappa shape index (κ3) is 4.82. The first kappa shape index (κ1) is 21.8. The maximum absolute atomic E-state index is 12.8. The lowest BCUT2D eigenvalue weighted by Crippen LogP contribution is -2.21. The second-order valence-electron chi connectivity index (χ2n) is 7.00. The number of carbonyl (C=O) groups excluding carboxylic acids is 2. The Labute approximate surface area is 180 Å². The van der Waals surface area contributed by atoms with Gasteiger partial charge in [0.1, 0.15) is 18.0 Å². The van der Waals surface area contributed by atoms with Gasteiger partial charge in [-0.25, -0.2) is 4.68 Å². The molecule has 0 unspecified atom stereocenters. The fourth-order valence-corrected chi connectivity index (χ4v) is 3.03. The number of methoxy groups -OCH3 is 2. The molecule has 0 radical (unpaired) electrons. The number of nitrogens with one attached hydrogen (secondary N) is 2. The van der Waals surface area contributed by atoms with Crippen molar-refractivity contribution in [2.75, 3.05) is 24.9 Å². The highest BCUT2D eigenvalue weighted by atomic mass is 16.5. The summed E-state index contributed by atoms with van der Waals surface area (Å²) in [7, 11) is 3.04. The third-order valence-electron chi connectivity index (χ3n) is 5.02. The second kappa shape index (κ2) is 9.29. The van der Waals surface area contributed by atoms with Gasteiger partial charge in [-0.05, 0) is 50.1 Å². The van der Waals surface area contributed by atoms with Gasteiger partial charge in [0.2, 0.25) is 5.91 Å². The molecule has 2 N–H and O–H groups in total. The average molecular weight is 423 g/mol. The van der Waals surface area contributed by atoms with Gasteiger partial charge in [-0.1, -0.05) is 17.3 Å². The van der Waals surface area contributed by atoms with E-state index in [4.69, 9.17) is 9.47 Å². The number of rotatable bonds is 7. The van der Waals surface area contributed by atoms with Crippen molar-refractivity contribution in [2.45, 2.75) is 27.3 Å². The van der Waals surface area contributed by atoms with Gasteiger partial charge < -0.3 is 20.1 Å². The van der Waals surface area contributed by atoms with Crippen LogP contribution < -0.4 is 20.1 Å². The standard InChI is InChI=1S/C22H25N5O4/c1-13-7-6-8-17(14(13)2)23-20(28)12-27-15(3)21(25-26-27)22(29)24-18-11-16(30-4)9-10-19(18)31-5/h6-11H,12H2,1-5H3,(H,23,28)(H,24,29). The van der Waals surface area contributed by atoms with Crippen molar-refractivity contribution < 1.29 is 19.1 Å². The van der Waals surface area contributed by atoms with Crippen LogP contribution in [0.2, 0.25) is 0 Å². The summed E-state index contributed by atoms with van der Waals surface area (Å²) in [6.07, 6.45) is 0. The molecule has 0 bridgehead atoms. The van der Waals surface area contributed by atoms with Crippen LogP contribution in [0.3, 0.4) is 0 Å². The van der Waals surface area contributed by atoms with E-state index in [0.717, 1.165) is 16.8 Å². The highest BCUT2D eigenvalue weighted by Gasteiger charge is 2.20. The molecule has 3 rings (SSSR count). The van der Waals surface area contributed by atoms with Gasteiger partial charge >= 0.3 is 0 Å². The lowest BCUT2D eigenvalue weighted by Gasteiger charge is -2.11. The molecule has 0 aliphatic rings. The number of carbonyl (C=O) groups is 2. The normalized spacial score (nSPS) is 10.5. The maximum Gasteiger partial charge on any atom is 0.278 e. The number of anilines is 2. The molecule has 0 atom stereocenters. The Bertz CT molecular complexity index is 1120. The van der Waals surface area contributed by atoms with Crippen LogP contribution in [-0.4, -0.2) is 41.0 Å². The van der Waals surface area contributed by atoms with Crippen LogP contribution in [-0.2, 0) is 11.3 Å². The quantitative estimate of drug-likeness (QED) is 0.605. The third-order valence-corrected chi connectivity index (χ3v) is 5.02. The van der Waals surface area contributed by atoms with Crippen LogP contribution in [0.25, 0.3) is 0 Å². The van der Waals surface area contributed by atoms with Crippen LogP contribution in [0.15, 0.2) is 36.4 Å². The molecule has 2 aromatic carbocycles. The van der Waals surface area contributed by atoms with Gasteiger partial charge in [0.05, 0.1) is 25.6 Å². The monoisotopic (exact) mass is 423 g/mol. The van der Waals surface area contributed by atoms with E-state index in [-0.39, 0.29) is 18.1 Å². The average Bonchev–Trinajstić information content (AvgIpc) is 3.11. The highest BCUT2D eigenvalue weighted by Crippen LogP contribution is 2.29. The van der Waals surface area contributed by atoms with Crippen molar-refractivity contribution in [1.29, 1.82) is 0 Å². The Hall–Kier alpha value is -3.88. The summed E-state index contributed by atoms with van der Waals surface area (Å²) in [6, 6.07) is 10.8. The number of amides is 2. The predicted octanol–water partition coefficient (Wildman–Crippen LogP) is 3.11. The zero-order valence-electron chi connectivity index (χ0n) is 18.1. The van der Waals surface area contributed by atoms with Crippen LogP contribution in [0, 0.1) is 20.8 Å². The van der Waals surface area contributed by atoms with Crippen molar-refractivity contribution in [3.05, 3.63) is 58.9 Å². The van der Waals surface area contributed by atoms with Crippen LogP contribution in [0.1, 0.15) is 27.3 Å². The molecule has 3 aromatic rings. The van der Waals surface area contributed by atoms with E-state index in [0.29, 0.717) is 22.9 Å². The zero-order valence-corrected chi connectivity index (χ0v) is 18.1. The van der Waals surface area contributed by atoms with Gasteiger partial charge in [-0.2, -0.15) is 0 Å². The molecule has 1 heterocycles. The molecule has 0 aliphatic heterocycles. The number of aromatic nitrogens is 3. The summed E-state index contributed by atoms with van der Waals surface area (Å²) < 4.78 is 11.9. The molecule has 0 spiro atoms. The SMILES string of the molecule is COc1ccc(OC)c(NC(=O)c2nnn(CC(=O)Nc3cccc(C)c3C)c2C)c1. The molecular weight excluding hydrogens is 398 g/mol. The van der Waals surface area contributed by atoms with Crippen molar-refractivity contribution in [3.63, 3.8) is 0 Å². The number of aryl methyl sites for hydroxylation is 1.